The maximum Gasteiger partial charge on any atom is 0.338 e. The Balaban J connectivity index is 1.84. The van der Waals surface area contributed by atoms with Gasteiger partial charge in [-0.2, -0.15) is 0 Å². The zero-order valence-corrected chi connectivity index (χ0v) is 15.1. The van der Waals surface area contributed by atoms with Gasteiger partial charge in [0.15, 0.2) is 5.78 Å². The second kappa shape index (κ2) is 6.23. The number of rotatable bonds is 2. The average molecular weight is 377 g/mol. The van der Waals surface area contributed by atoms with Crippen LogP contribution in [0.4, 0.5) is 0 Å². The molecule has 0 heterocycles. The van der Waals surface area contributed by atoms with Gasteiger partial charge in [0, 0.05) is 16.3 Å². The molecule has 0 amide bonds. The summed E-state index contributed by atoms with van der Waals surface area (Å²) in [5.74, 6) is -0.0307. The summed E-state index contributed by atoms with van der Waals surface area (Å²) in [5, 5.41) is 0. The molecule has 3 rings (SSSR count). The number of ether oxygens (including phenoxy) is 1. The highest BCUT2D eigenvalue weighted by Crippen LogP contribution is 2.50. The van der Waals surface area contributed by atoms with Crippen LogP contribution in [0, 0.1) is 5.41 Å². The monoisotopic (exact) mass is 376 g/mol. The number of halogens is 1. The second-order valence-corrected chi connectivity index (χ2v) is 7.65. The van der Waals surface area contributed by atoms with Gasteiger partial charge in [-0.15, -0.1) is 0 Å². The van der Waals surface area contributed by atoms with Crippen LogP contribution in [0.2, 0.25) is 0 Å². The molecule has 23 heavy (non-hydrogen) atoms. The lowest BCUT2D eigenvalue weighted by Crippen LogP contribution is -2.44. The molecule has 0 aromatic heterocycles. The van der Waals surface area contributed by atoms with Crippen LogP contribution in [0.1, 0.15) is 56.3 Å². The first kappa shape index (κ1) is 16.4. The van der Waals surface area contributed by atoms with Crippen molar-refractivity contribution >= 4 is 27.7 Å². The molecule has 122 valence electrons. The summed E-state index contributed by atoms with van der Waals surface area (Å²) in [6, 6.07) is 7.22. The van der Waals surface area contributed by atoms with E-state index < -0.39 is 0 Å². The van der Waals surface area contributed by atoms with Crippen LogP contribution in [-0.2, 0) is 9.53 Å². The lowest BCUT2D eigenvalue weighted by Gasteiger charge is -2.45. The van der Waals surface area contributed by atoms with Crippen LogP contribution in [0.25, 0.3) is 0 Å². The minimum Gasteiger partial charge on any atom is -0.458 e. The highest BCUT2D eigenvalue weighted by molar-refractivity contribution is 9.10. The summed E-state index contributed by atoms with van der Waals surface area (Å²) in [6.07, 6.45) is 3.96. The molecule has 0 radical (unpaired) electrons. The Morgan fingerprint density at radius 1 is 1.26 bits per heavy atom. The van der Waals surface area contributed by atoms with Gasteiger partial charge in [0.25, 0.3) is 0 Å². The van der Waals surface area contributed by atoms with Crippen molar-refractivity contribution in [3.8, 4) is 0 Å². The number of allylic oxidation sites excluding steroid dienone is 1. The molecule has 1 aromatic carbocycles. The van der Waals surface area contributed by atoms with Gasteiger partial charge in [0.2, 0.25) is 0 Å². The Morgan fingerprint density at radius 2 is 1.96 bits per heavy atom. The minimum absolute atomic E-state index is 0.148. The van der Waals surface area contributed by atoms with Crippen molar-refractivity contribution in [2.45, 2.75) is 52.1 Å². The topological polar surface area (TPSA) is 43.4 Å². The van der Waals surface area contributed by atoms with Crippen LogP contribution in [0.15, 0.2) is 39.9 Å². The van der Waals surface area contributed by atoms with E-state index in [1.165, 1.54) is 5.57 Å². The number of esters is 1. The van der Waals surface area contributed by atoms with Gasteiger partial charge in [-0.3, -0.25) is 4.79 Å². The number of ketones is 1. The third kappa shape index (κ3) is 3.01. The maximum atomic E-state index is 12.5. The molecule has 1 aromatic rings. The van der Waals surface area contributed by atoms with Crippen molar-refractivity contribution in [3.05, 3.63) is 45.4 Å². The molecule has 0 N–H and O–H groups in total. The molecule has 1 saturated carbocycles. The second-order valence-electron chi connectivity index (χ2n) is 6.74. The Hall–Kier alpha value is -1.42. The van der Waals surface area contributed by atoms with Crippen LogP contribution in [0.3, 0.4) is 0 Å². The number of carbonyl (C=O) groups is 2. The van der Waals surface area contributed by atoms with Gasteiger partial charge >= 0.3 is 5.97 Å². The van der Waals surface area contributed by atoms with Crippen molar-refractivity contribution in [2.24, 2.45) is 5.41 Å². The maximum absolute atomic E-state index is 12.5. The molecule has 0 saturated heterocycles. The summed E-state index contributed by atoms with van der Waals surface area (Å²) in [4.78, 5) is 24.5. The normalized spacial score (nSPS) is 27.6. The van der Waals surface area contributed by atoms with Gasteiger partial charge < -0.3 is 4.74 Å². The Bertz CT molecular complexity index is 674. The molecule has 2 aliphatic carbocycles. The van der Waals surface area contributed by atoms with E-state index in [1.54, 1.807) is 12.1 Å². The van der Waals surface area contributed by atoms with Crippen molar-refractivity contribution < 1.29 is 14.3 Å². The first-order chi connectivity index (χ1) is 10.9. The standard InChI is InChI=1S/C19H21BrO3/c1-12-15-4-3-5-17(19(15,2)11-10-16(12)21)23-18(22)13-6-8-14(20)9-7-13/h6-9,17H,3-5,10-11H2,1-2H3/t17-,19-/m0/s1. The first-order valence-electron chi connectivity index (χ1n) is 8.12. The molecule has 0 aliphatic heterocycles. The number of Topliss-reactive ketones (excluding diaryl/α,β-unsaturated/α-hetero) is 1. The lowest BCUT2D eigenvalue weighted by atomic mass is 9.62. The summed E-state index contributed by atoms with van der Waals surface area (Å²) >= 11 is 3.37. The average Bonchev–Trinajstić information content (AvgIpc) is 2.53. The summed E-state index contributed by atoms with van der Waals surface area (Å²) < 4.78 is 6.81. The van der Waals surface area contributed by atoms with Crippen LogP contribution in [0.5, 0.6) is 0 Å². The summed E-state index contributed by atoms with van der Waals surface area (Å²) in [6.45, 7) is 4.07. The fourth-order valence-corrected chi connectivity index (χ4v) is 4.16. The summed E-state index contributed by atoms with van der Waals surface area (Å²) in [7, 11) is 0. The summed E-state index contributed by atoms with van der Waals surface area (Å²) in [5.41, 5.74) is 2.47. The largest absolute Gasteiger partial charge is 0.458 e. The minimum atomic E-state index is -0.278. The SMILES string of the molecule is CC1=C2CCC[C@H](OC(=O)c3ccc(Br)cc3)[C@@]2(C)CCC1=O. The van der Waals surface area contributed by atoms with Crippen molar-refractivity contribution in [2.75, 3.05) is 0 Å². The smallest absolute Gasteiger partial charge is 0.338 e. The highest BCUT2D eigenvalue weighted by atomic mass is 79.9. The van der Waals surface area contributed by atoms with E-state index in [4.69, 9.17) is 4.74 Å². The molecule has 2 atom stereocenters. The third-order valence-electron chi connectivity index (χ3n) is 5.36. The third-order valence-corrected chi connectivity index (χ3v) is 5.89. The van der Waals surface area contributed by atoms with Crippen molar-refractivity contribution in [1.29, 1.82) is 0 Å². The number of carbonyl (C=O) groups excluding carboxylic acids is 2. The lowest BCUT2D eigenvalue weighted by molar-refractivity contribution is -0.117. The molecular formula is C19H21BrO3. The predicted molar refractivity (Wildman–Crippen MR) is 92.2 cm³/mol. The highest BCUT2D eigenvalue weighted by Gasteiger charge is 2.46. The Kier molecular flexibility index (Phi) is 4.45. The quantitative estimate of drug-likeness (QED) is 0.693. The van der Waals surface area contributed by atoms with Gasteiger partial charge in [0.05, 0.1) is 5.56 Å². The number of hydrogen-bond acceptors (Lipinski definition) is 3. The van der Waals surface area contributed by atoms with E-state index in [9.17, 15) is 9.59 Å². The molecule has 1 fully saturated rings. The molecule has 0 unspecified atom stereocenters. The van der Waals surface area contributed by atoms with E-state index in [2.05, 4.69) is 22.9 Å². The molecule has 0 bridgehead atoms. The van der Waals surface area contributed by atoms with Gasteiger partial charge in [-0.25, -0.2) is 4.79 Å². The number of benzene rings is 1. The van der Waals surface area contributed by atoms with Crippen LogP contribution < -0.4 is 0 Å². The fourth-order valence-electron chi connectivity index (χ4n) is 3.89. The molecule has 4 heteroatoms. The van der Waals surface area contributed by atoms with E-state index >= 15 is 0 Å². The van der Waals surface area contributed by atoms with Crippen molar-refractivity contribution in [1.82, 2.24) is 0 Å². The molecule has 0 spiro atoms. The zero-order chi connectivity index (χ0) is 16.6. The van der Waals surface area contributed by atoms with E-state index in [-0.39, 0.29) is 23.3 Å². The zero-order valence-electron chi connectivity index (χ0n) is 13.5. The Labute approximate surface area is 145 Å². The van der Waals surface area contributed by atoms with E-state index in [0.717, 1.165) is 35.7 Å². The van der Waals surface area contributed by atoms with E-state index in [1.807, 2.05) is 19.1 Å². The first-order valence-corrected chi connectivity index (χ1v) is 8.91. The van der Waals surface area contributed by atoms with Crippen LogP contribution >= 0.6 is 15.9 Å². The predicted octanol–water partition coefficient (Wildman–Crippen LogP) is 4.84. The molecule has 2 aliphatic rings. The number of fused-ring (bicyclic) bond motifs is 1. The fraction of sp³-hybridized carbons (Fsp3) is 0.474. The molecule has 3 nitrogen and oxygen atoms in total. The van der Waals surface area contributed by atoms with Gasteiger partial charge in [0.1, 0.15) is 6.10 Å². The van der Waals surface area contributed by atoms with Gasteiger partial charge in [-0.05, 0) is 62.4 Å². The Morgan fingerprint density at radius 3 is 2.65 bits per heavy atom. The van der Waals surface area contributed by atoms with E-state index in [0.29, 0.717) is 12.0 Å². The molecular weight excluding hydrogens is 356 g/mol. The van der Waals surface area contributed by atoms with Crippen molar-refractivity contribution in [3.63, 3.8) is 0 Å². The number of hydrogen-bond donors (Lipinski definition) is 0. The van der Waals surface area contributed by atoms with Crippen LogP contribution in [-0.4, -0.2) is 17.9 Å². The van der Waals surface area contributed by atoms with Gasteiger partial charge in [-0.1, -0.05) is 28.4 Å².